The van der Waals surface area contributed by atoms with Crippen molar-refractivity contribution in [3.05, 3.63) is 35.4 Å². The third-order valence-electron chi connectivity index (χ3n) is 2.58. The molecule has 5 heteroatoms. The van der Waals surface area contributed by atoms with E-state index in [0.717, 1.165) is 0 Å². The Bertz CT molecular complexity index is 427. The van der Waals surface area contributed by atoms with Gasteiger partial charge >= 0.3 is 0 Å². The van der Waals surface area contributed by atoms with Crippen molar-refractivity contribution in [1.29, 1.82) is 0 Å². The summed E-state index contributed by atoms with van der Waals surface area (Å²) in [6.07, 6.45) is -2.19. The summed E-state index contributed by atoms with van der Waals surface area (Å²) in [6.45, 7) is 2.77. The molecule has 0 aliphatic carbocycles. The minimum Gasteiger partial charge on any atom is -0.388 e. The van der Waals surface area contributed by atoms with Crippen molar-refractivity contribution in [3.8, 4) is 0 Å². The van der Waals surface area contributed by atoms with Crippen molar-refractivity contribution in [1.82, 2.24) is 5.32 Å². The monoisotopic (exact) mass is 251 g/mol. The van der Waals surface area contributed by atoms with Gasteiger partial charge in [-0.15, -0.1) is 0 Å². The van der Waals surface area contributed by atoms with Crippen LogP contribution in [0.1, 0.15) is 35.9 Å². The van der Waals surface area contributed by atoms with Gasteiger partial charge in [0.05, 0.1) is 0 Å². The number of amides is 1. The van der Waals surface area contributed by atoms with Gasteiger partial charge in [-0.2, -0.15) is 0 Å². The van der Waals surface area contributed by atoms with Gasteiger partial charge in [0.25, 0.3) is 0 Å². The van der Waals surface area contributed by atoms with Crippen LogP contribution in [0.5, 0.6) is 0 Å². The summed E-state index contributed by atoms with van der Waals surface area (Å²) < 4.78 is 0. The third-order valence-corrected chi connectivity index (χ3v) is 2.58. The van der Waals surface area contributed by atoms with Crippen LogP contribution in [-0.4, -0.2) is 34.6 Å². The molecular formula is C13H17NO4. The van der Waals surface area contributed by atoms with E-state index in [9.17, 15) is 19.8 Å². The predicted octanol–water partition coefficient (Wildman–Crippen LogP) is 0.420. The lowest BCUT2D eigenvalue weighted by Crippen LogP contribution is -2.34. The zero-order chi connectivity index (χ0) is 13.7. The lowest BCUT2D eigenvalue weighted by molar-refractivity contribution is -0.119. The number of aliphatic hydroxyl groups is 2. The smallest absolute Gasteiger partial charge is 0.216 e. The summed E-state index contributed by atoms with van der Waals surface area (Å²) in [5.41, 5.74) is 1.04. The van der Waals surface area contributed by atoms with E-state index in [1.165, 1.54) is 13.8 Å². The van der Waals surface area contributed by atoms with Crippen molar-refractivity contribution < 1.29 is 19.8 Å². The molecule has 0 saturated heterocycles. The van der Waals surface area contributed by atoms with Gasteiger partial charge in [-0.05, 0) is 12.5 Å². The van der Waals surface area contributed by atoms with Gasteiger partial charge in [-0.3, -0.25) is 9.59 Å². The fraction of sp³-hybridized carbons (Fsp3) is 0.385. The van der Waals surface area contributed by atoms with Crippen LogP contribution in [0.15, 0.2) is 24.3 Å². The van der Waals surface area contributed by atoms with E-state index < -0.39 is 12.2 Å². The molecule has 1 aromatic rings. The SMILES string of the molecule is CC(=O)NCC(O)C(O)c1ccc(C(C)=O)cc1. The summed E-state index contributed by atoms with van der Waals surface area (Å²) in [4.78, 5) is 21.8. The number of carbonyl (C=O) groups is 2. The van der Waals surface area contributed by atoms with E-state index in [1.807, 2.05) is 0 Å². The van der Waals surface area contributed by atoms with Gasteiger partial charge in [-0.1, -0.05) is 24.3 Å². The first-order valence-corrected chi connectivity index (χ1v) is 5.63. The minimum atomic E-state index is -1.10. The molecule has 2 atom stereocenters. The van der Waals surface area contributed by atoms with Crippen LogP contribution in [0.2, 0.25) is 0 Å². The van der Waals surface area contributed by atoms with Crippen LogP contribution in [0, 0.1) is 0 Å². The number of rotatable bonds is 5. The highest BCUT2D eigenvalue weighted by Crippen LogP contribution is 2.17. The Morgan fingerprint density at radius 1 is 1.17 bits per heavy atom. The molecule has 5 nitrogen and oxygen atoms in total. The average Bonchev–Trinajstić information content (AvgIpc) is 2.35. The quantitative estimate of drug-likeness (QED) is 0.662. The fourth-order valence-electron chi connectivity index (χ4n) is 1.50. The van der Waals surface area contributed by atoms with Gasteiger partial charge in [0.1, 0.15) is 12.2 Å². The van der Waals surface area contributed by atoms with Gasteiger partial charge in [0, 0.05) is 19.0 Å². The molecule has 18 heavy (non-hydrogen) atoms. The second-order valence-corrected chi connectivity index (χ2v) is 4.13. The highest BCUT2D eigenvalue weighted by molar-refractivity contribution is 5.94. The zero-order valence-corrected chi connectivity index (χ0v) is 10.4. The number of ketones is 1. The molecule has 0 bridgehead atoms. The molecule has 0 aromatic heterocycles. The van der Waals surface area contributed by atoms with E-state index in [1.54, 1.807) is 24.3 Å². The maximum Gasteiger partial charge on any atom is 0.216 e. The van der Waals surface area contributed by atoms with Crippen molar-refractivity contribution in [2.24, 2.45) is 0 Å². The predicted molar refractivity (Wildman–Crippen MR) is 66.1 cm³/mol. The lowest BCUT2D eigenvalue weighted by Gasteiger charge is -2.18. The Labute approximate surface area is 105 Å². The number of aliphatic hydroxyl groups excluding tert-OH is 2. The Morgan fingerprint density at radius 2 is 1.72 bits per heavy atom. The number of Topliss-reactive ketones (excluding diaryl/α,β-unsaturated/α-hetero) is 1. The van der Waals surface area contributed by atoms with Gasteiger partial charge in [0.2, 0.25) is 5.91 Å². The Morgan fingerprint density at radius 3 is 2.17 bits per heavy atom. The summed E-state index contributed by atoms with van der Waals surface area (Å²) >= 11 is 0. The number of carbonyl (C=O) groups excluding carboxylic acids is 2. The van der Waals surface area contributed by atoms with E-state index in [0.29, 0.717) is 11.1 Å². The van der Waals surface area contributed by atoms with Crippen molar-refractivity contribution in [2.45, 2.75) is 26.1 Å². The molecule has 0 aliphatic rings. The molecule has 98 valence electrons. The first-order chi connectivity index (χ1) is 8.41. The molecule has 0 spiro atoms. The van der Waals surface area contributed by atoms with E-state index in [4.69, 9.17) is 0 Å². The van der Waals surface area contributed by atoms with Crippen LogP contribution in [0.25, 0.3) is 0 Å². The van der Waals surface area contributed by atoms with Gasteiger partial charge in [-0.25, -0.2) is 0 Å². The molecule has 2 unspecified atom stereocenters. The van der Waals surface area contributed by atoms with E-state index in [-0.39, 0.29) is 18.2 Å². The first kappa shape index (κ1) is 14.3. The van der Waals surface area contributed by atoms with Crippen molar-refractivity contribution in [3.63, 3.8) is 0 Å². The Hall–Kier alpha value is -1.72. The number of hydrogen-bond acceptors (Lipinski definition) is 4. The Balaban J connectivity index is 2.68. The minimum absolute atomic E-state index is 0.0229. The maximum absolute atomic E-state index is 11.1. The number of nitrogens with one attached hydrogen (secondary N) is 1. The summed E-state index contributed by atoms with van der Waals surface area (Å²) in [5, 5.41) is 21.9. The van der Waals surface area contributed by atoms with Crippen LogP contribution in [-0.2, 0) is 4.79 Å². The molecule has 0 aliphatic heterocycles. The molecule has 1 aromatic carbocycles. The Kier molecular flexibility index (Phi) is 5.00. The molecule has 3 N–H and O–H groups in total. The van der Waals surface area contributed by atoms with Crippen LogP contribution in [0.4, 0.5) is 0 Å². The van der Waals surface area contributed by atoms with Crippen molar-refractivity contribution in [2.75, 3.05) is 6.54 Å². The van der Waals surface area contributed by atoms with E-state index >= 15 is 0 Å². The highest BCUT2D eigenvalue weighted by Gasteiger charge is 2.18. The first-order valence-electron chi connectivity index (χ1n) is 5.63. The maximum atomic E-state index is 11.1. The molecule has 1 rings (SSSR count). The van der Waals surface area contributed by atoms with Crippen molar-refractivity contribution >= 4 is 11.7 Å². The second kappa shape index (κ2) is 6.28. The fourth-order valence-corrected chi connectivity index (χ4v) is 1.50. The topological polar surface area (TPSA) is 86.6 Å². The molecule has 1 amide bonds. The largest absolute Gasteiger partial charge is 0.388 e. The van der Waals surface area contributed by atoms with Crippen LogP contribution < -0.4 is 5.32 Å². The highest BCUT2D eigenvalue weighted by atomic mass is 16.3. The lowest BCUT2D eigenvalue weighted by atomic mass is 10.0. The molecule has 0 radical (unpaired) electrons. The summed E-state index contributed by atoms with van der Waals surface area (Å²) in [7, 11) is 0. The summed E-state index contributed by atoms with van der Waals surface area (Å²) in [6, 6.07) is 6.34. The van der Waals surface area contributed by atoms with Crippen LogP contribution in [0.3, 0.4) is 0 Å². The van der Waals surface area contributed by atoms with Gasteiger partial charge < -0.3 is 15.5 Å². The number of hydrogen-bond donors (Lipinski definition) is 3. The second-order valence-electron chi connectivity index (χ2n) is 4.13. The zero-order valence-electron chi connectivity index (χ0n) is 10.4. The van der Waals surface area contributed by atoms with Gasteiger partial charge in [0.15, 0.2) is 5.78 Å². The number of benzene rings is 1. The molecule has 0 heterocycles. The molecule has 0 saturated carbocycles. The average molecular weight is 251 g/mol. The third kappa shape index (κ3) is 3.94. The molecule has 0 fully saturated rings. The standard InChI is InChI=1S/C13H17NO4/c1-8(15)10-3-5-11(6-4-10)13(18)12(17)7-14-9(2)16/h3-6,12-13,17-18H,7H2,1-2H3,(H,14,16). The summed E-state index contributed by atoms with van der Waals surface area (Å²) in [5.74, 6) is -0.331. The molecular weight excluding hydrogens is 234 g/mol. The van der Waals surface area contributed by atoms with Crippen LogP contribution >= 0.6 is 0 Å². The normalized spacial score (nSPS) is 13.8. The van der Waals surface area contributed by atoms with E-state index in [2.05, 4.69) is 5.32 Å².